The second kappa shape index (κ2) is 11.8. The summed E-state index contributed by atoms with van der Waals surface area (Å²) >= 11 is 6.83. The molecule has 1 unspecified atom stereocenters. The van der Waals surface area contributed by atoms with Crippen LogP contribution >= 0.6 is 23.1 Å². The van der Waals surface area contributed by atoms with Crippen molar-refractivity contribution >= 4 is 52.2 Å². The Bertz CT molecular complexity index is 946. The van der Waals surface area contributed by atoms with Crippen LogP contribution in [0.25, 0.3) is 0 Å². The predicted octanol–water partition coefficient (Wildman–Crippen LogP) is 3.85. The molecule has 0 bridgehead atoms. The van der Waals surface area contributed by atoms with Crippen molar-refractivity contribution in [1.82, 2.24) is 9.69 Å². The monoisotopic (exact) mass is 479 g/mol. The molecule has 174 valence electrons. The molecule has 0 aliphatic rings. The van der Waals surface area contributed by atoms with E-state index < -0.39 is 17.9 Å². The number of unbranched alkanes of at least 4 members (excludes halogenated alkanes) is 1. The number of nitrogens with one attached hydrogen (secondary N) is 1. The van der Waals surface area contributed by atoms with Crippen molar-refractivity contribution in [3.63, 3.8) is 0 Å². The molecule has 1 atom stereocenters. The van der Waals surface area contributed by atoms with Crippen LogP contribution in [0.1, 0.15) is 66.6 Å². The van der Waals surface area contributed by atoms with Gasteiger partial charge < -0.3 is 16.8 Å². The zero-order chi connectivity index (χ0) is 23.8. The van der Waals surface area contributed by atoms with E-state index >= 15 is 0 Å². The van der Waals surface area contributed by atoms with Crippen LogP contribution in [-0.2, 0) is 4.79 Å². The van der Waals surface area contributed by atoms with Gasteiger partial charge in [-0.25, -0.2) is 0 Å². The van der Waals surface area contributed by atoms with Gasteiger partial charge in [-0.2, -0.15) is 4.37 Å². The average Bonchev–Trinajstić information content (AvgIpc) is 3.13. The van der Waals surface area contributed by atoms with E-state index in [9.17, 15) is 14.4 Å². The molecule has 3 amide bonds. The average molecular weight is 480 g/mol. The lowest BCUT2D eigenvalue weighted by atomic mass is 10.0. The number of benzene rings is 1. The number of aromatic nitrogens is 1. The zero-order valence-electron chi connectivity index (χ0n) is 18.6. The van der Waals surface area contributed by atoms with Gasteiger partial charge in [0.25, 0.3) is 11.8 Å². The zero-order valence-corrected chi connectivity index (χ0v) is 20.1. The van der Waals surface area contributed by atoms with E-state index in [0.717, 1.165) is 30.8 Å². The lowest BCUT2D eigenvalue weighted by molar-refractivity contribution is -0.122. The second-order valence-electron chi connectivity index (χ2n) is 7.92. The number of carbonyl (C=O) groups excluding carboxylic acids is 3. The first-order chi connectivity index (χ1) is 15.2. The van der Waals surface area contributed by atoms with Gasteiger partial charge in [-0.05, 0) is 54.6 Å². The van der Waals surface area contributed by atoms with Crippen LogP contribution in [0.4, 0.5) is 11.4 Å². The van der Waals surface area contributed by atoms with Gasteiger partial charge >= 0.3 is 0 Å². The first kappa shape index (κ1) is 25.6. The summed E-state index contributed by atoms with van der Waals surface area (Å²) in [6, 6.07) is 5.87. The molecule has 0 saturated heterocycles. The summed E-state index contributed by atoms with van der Waals surface area (Å²) in [5.41, 5.74) is 11.6. The number of nitrogen functional groups attached to an aromatic ring is 1. The molecular weight excluding hydrogens is 450 g/mol. The number of rotatable bonds is 11. The van der Waals surface area contributed by atoms with Crippen molar-refractivity contribution in [2.24, 2.45) is 11.7 Å². The largest absolute Gasteiger partial charge is 0.395 e. The van der Waals surface area contributed by atoms with E-state index in [2.05, 4.69) is 23.5 Å². The normalized spacial score (nSPS) is 11.9. The Hall–Kier alpha value is -2.65. The molecule has 0 spiro atoms. The fraction of sp³-hybridized carbons (Fsp3) is 0.455. The molecule has 0 radical (unpaired) electrons. The fourth-order valence-electron chi connectivity index (χ4n) is 3.16. The van der Waals surface area contributed by atoms with E-state index in [-0.39, 0.29) is 22.2 Å². The number of amides is 3. The van der Waals surface area contributed by atoms with Crippen LogP contribution in [0, 0.1) is 5.92 Å². The maximum atomic E-state index is 13.6. The molecule has 1 aromatic heterocycles. The van der Waals surface area contributed by atoms with Crippen LogP contribution in [-0.4, -0.2) is 34.7 Å². The third-order valence-electron chi connectivity index (χ3n) is 4.95. The number of halogens is 1. The lowest BCUT2D eigenvalue weighted by Crippen LogP contribution is -2.50. The van der Waals surface area contributed by atoms with E-state index in [1.54, 1.807) is 24.3 Å². The second-order valence-corrected chi connectivity index (χ2v) is 9.13. The molecule has 0 aliphatic carbocycles. The summed E-state index contributed by atoms with van der Waals surface area (Å²) in [5.74, 6) is -1.15. The van der Waals surface area contributed by atoms with Gasteiger partial charge in [-0.15, -0.1) is 0 Å². The standard InChI is InChI=1S/C22H30ClN5O3S/c1-4-5-6-16(21(30)26-12-11-13(2)3)28(15-9-7-14(23)8-10-15)22(31)19-17(24)18(20(25)29)27-32-19/h7-10,13,16H,4-6,11-12,24H2,1-3H3,(H2,25,29)(H,26,30). The number of anilines is 2. The van der Waals surface area contributed by atoms with Crippen molar-refractivity contribution in [3.8, 4) is 0 Å². The molecule has 10 heteroatoms. The van der Waals surface area contributed by atoms with Gasteiger partial charge in [-0.1, -0.05) is 45.2 Å². The summed E-state index contributed by atoms with van der Waals surface area (Å²) < 4.78 is 3.93. The Morgan fingerprint density at radius 3 is 2.38 bits per heavy atom. The van der Waals surface area contributed by atoms with Crippen molar-refractivity contribution in [2.75, 3.05) is 17.2 Å². The van der Waals surface area contributed by atoms with Gasteiger partial charge in [0.15, 0.2) is 5.69 Å². The Balaban J connectivity index is 2.48. The Morgan fingerprint density at radius 1 is 1.19 bits per heavy atom. The minimum absolute atomic E-state index is 0.0604. The van der Waals surface area contributed by atoms with Crippen molar-refractivity contribution in [2.45, 2.75) is 52.5 Å². The van der Waals surface area contributed by atoms with Gasteiger partial charge in [0.2, 0.25) is 5.91 Å². The van der Waals surface area contributed by atoms with Crippen LogP contribution in [0.5, 0.6) is 0 Å². The number of hydrogen-bond donors (Lipinski definition) is 3. The summed E-state index contributed by atoms with van der Waals surface area (Å²) in [6.07, 6.45) is 2.88. The Kier molecular flexibility index (Phi) is 9.46. The van der Waals surface area contributed by atoms with E-state index in [4.69, 9.17) is 23.1 Å². The highest BCUT2D eigenvalue weighted by Gasteiger charge is 2.34. The molecule has 1 aromatic carbocycles. The smallest absolute Gasteiger partial charge is 0.272 e. The maximum absolute atomic E-state index is 13.6. The molecule has 0 saturated carbocycles. The molecule has 0 fully saturated rings. The molecule has 32 heavy (non-hydrogen) atoms. The molecule has 1 heterocycles. The summed E-state index contributed by atoms with van der Waals surface area (Å²) in [5, 5.41) is 3.45. The third-order valence-corrected chi connectivity index (χ3v) is 6.05. The number of primary amides is 1. The van der Waals surface area contributed by atoms with Gasteiger partial charge in [0.1, 0.15) is 10.9 Å². The molecule has 8 nitrogen and oxygen atoms in total. The fourth-order valence-corrected chi connectivity index (χ4v) is 4.02. The summed E-state index contributed by atoms with van der Waals surface area (Å²) in [4.78, 5) is 39.9. The van der Waals surface area contributed by atoms with E-state index in [1.807, 2.05) is 6.92 Å². The van der Waals surface area contributed by atoms with Crippen LogP contribution in [0.3, 0.4) is 0 Å². The molecule has 2 aromatic rings. The number of nitrogens with two attached hydrogens (primary N) is 2. The molecule has 0 aliphatic heterocycles. The summed E-state index contributed by atoms with van der Waals surface area (Å²) in [7, 11) is 0. The molecule has 5 N–H and O–H groups in total. The quantitative estimate of drug-likeness (QED) is 0.450. The van der Waals surface area contributed by atoms with Gasteiger partial charge in [-0.3, -0.25) is 19.3 Å². The van der Waals surface area contributed by atoms with Gasteiger partial charge in [0, 0.05) is 17.3 Å². The first-order valence-electron chi connectivity index (χ1n) is 10.6. The SMILES string of the molecule is CCCCC(C(=O)NCCC(C)C)N(C(=O)c1snc(C(N)=O)c1N)c1ccc(Cl)cc1. The number of carbonyl (C=O) groups is 3. The van der Waals surface area contributed by atoms with E-state index in [1.165, 1.54) is 4.90 Å². The minimum Gasteiger partial charge on any atom is -0.395 e. The summed E-state index contributed by atoms with van der Waals surface area (Å²) in [6.45, 7) is 6.68. The Labute approximate surface area is 197 Å². The highest BCUT2D eigenvalue weighted by molar-refractivity contribution is 7.09. The highest BCUT2D eigenvalue weighted by Crippen LogP contribution is 2.29. The van der Waals surface area contributed by atoms with Crippen LogP contribution < -0.4 is 21.7 Å². The highest BCUT2D eigenvalue weighted by atomic mass is 35.5. The topological polar surface area (TPSA) is 131 Å². The van der Waals surface area contributed by atoms with Crippen LogP contribution in [0.15, 0.2) is 24.3 Å². The predicted molar refractivity (Wildman–Crippen MR) is 129 cm³/mol. The van der Waals surface area contributed by atoms with Crippen LogP contribution in [0.2, 0.25) is 5.02 Å². The first-order valence-corrected chi connectivity index (χ1v) is 11.7. The van der Waals surface area contributed by atoms with Gasteiger partial charge in [0.05, 0.1) is 5.69 Å². The number of nitrogens with zero attached hydrogens (tertiary/aromatic N) is 2. The van der Waals surface area contributed by atoms with Crippen molar-refractivity contribution in [3.05, 3.63) is 39.9 Å². The van der Waals surface area contributed by atoms with Crippen molar-refractivity contribution < 1.29 is 14.4 Å². The van der Waals surface area contributed by atoms with Crippen molar-refractivity contribution in [1.29, 1.82) is 0 Å². The molecule has 2 rings (SSSR count). The minimum atomic E-state index is -0.815. The molecular formula is C22H30ClN5O3S. The van der Waals surface area contributed by atoms with E-state index in [0.29, 0.717) is 29.6 Å². The lowest BCUT2D eigenvalue weighted by Gasteiger charge is -2.31. The third kappa shape index (κ3) is 6.43. The number of hydrogen-bond acceptors (Lipinski definition) is 6. The Morgan fingerprint density at radius 2 is 1.84 bits per heavy atom. The maximum Gasteiger partial charge on any atom is 0.272 e.